The predicted molar refractivity (Wildman–Crippen MR) is 373 cm³/mol. The molecule has 0 aromatic rings. The van der Waals surface area contributed by atoms with Crippen molar-refractivity contribution in [3.63, 3.8) is 0 Å². The summed E-state index contributed by atoms with van der Waals surface area (Å²) < 4.78 is 23.0. The Balaban J connectivity index is 4.10. The first kappa shape index (κ1) is 83.2. The van der Waals surface area contributed by atoms with Gasteiger partial charge in [-0.25, -0.2) is 4.79 Å². The Hall–Kier alpha value is -3.79. The Morgan fingerprint density at radius 2 is 0.655 bits per heavy atom. The van der Waals surface area contributed by atoms with E-state index < -0.39 is 24.3 Å². The third-order valence-corrected chi connectivity index (χ3v) is 15.9. The van der Waals surface area contributed by atoms with E-state index in [1.807, 2.05) is 21.1 Å². The number of aliphatic carboxylic acids is 1. The first-order valence-electron chi connectivity index (χ1n) is 36.4. The van der Waals surface area contributed by atoms with Gasteiger partial charge in [0, 0.05) is 12.8 Å². The molecule has 87 heavy (non-hydrogen) atoms. The summed E-state index contributed by atoms with van der Waals surface area (Å²) in [6.45, 7) is 4.80. The van der Waals surface area contributed by atoms with Crippen LogP contribution in [-0.2, 0) is 33.3 Å². The number of likely N-dealkylation sites (N-methyl/N-ethyl adjacent to an activating group) is 1. The van der Waals surface area contributed by atoms with Crippen molar-refractivity contribution in [1.29, 1.82) is 0 Å². The summed E-state index contributed by atoms with van der Waals surface area (Å²) in [4.78, 5) is 37.7. The maximum Gasteiger partial charge on any atom is 0.361 e. The molecular weight excluding hydrogens is 1080 g/mol. The van der Waals surface area contributed by atoms with Crippen molar-refractivity contribution in [2.45, 2.75) is 334 Å². The van der Waals surface area contributed by atoms with Crippen LogP contribution in [0.25, 0.3) is 0 Å². The Kier molecular flexibility index (Phi) is 65.2. The lowest BCUT2D eigenvalue weighted by Crippen LogP contribution is -2.40. The van der Waals surface area contributed by atoms with Crippen molar-refractivity contribution < 1.29 is 42.9 Å². The van der Waals surface area contributed by atoms with Crippen LogP contribution in [0.1, 0.15) is 322 Å². The van der Waals surface area contributed by atoms with Crippen molar-refractivity contribution in [2.24, 2.45) is 0 Å². The SMILES string of the molecule is CC/C=C\C/C=C\C/C=C\C/C=C\C/C=C\C/C=C\C/C=C\C/C=C\CCCCCCCCCCCCCCC(=O)OC(COC(=O)CCCCCCCCCCCCCCCCCCCCCCCCCCC)COC(OCC[N+](C)(C)C)C(=O)O. The topological polar surface area (TPSA) is 108 Å². The molecule has 0 aliphatic rings. The summed E-state index contributed by atoms with van der Waals surface area (Å²) in [5, 5.41) is 9.75. The quantitative estimate of drug-likeness (QED) is 0.0211. The number of allylic oxidation sites excluding steroid dienone is 16. The van der Waals surface area contributed by atoms with E-state index in [9.17, 15) is 19.5 Å². The summed E-state index contributed by atoms with van der Waals surface area (Å²) in [6.07, 6.45) is 91.0. The highest BCUT2D eigenvalue weighted by Gasteiger charge is 2.25. The molecule has 0 aromatic carbocycles. The molecule has 2 unspecified atom stereocenters. The minimum Gasteiger partial charge on any atom is -0.477 e. The maximum absolute atomic E-state index is 13.0. The number of carbonyl (C=O) groups excluding carboxylic acids is 2. The molecule has 502 valence electrons. The minimum atomic E-state index is -1.51. The van der Waals surface area contributed by atoms with Gasteiger partial charge in [-0.2, -0.15) is 0 Å². The molecule has 0 heterocycles. The van der Waals surface area contributed by atoms with Crippen LogP contribution in [0.2, 0.25) is 0 Å². The van der Waals surface area contributed by atoms with Gasteiger partial charge in [0.05, 0.1) is 34.4 Å². The fourth-order valence-corrected chi connectivity index (χ4v) is 10.3. The molecule has 2 atom stereocenters. The lowest BCUT2D eigenvalue weighted by atomic mass is 10.0. The molecule has 0 aromatic heterocycles. The number of carboxylic acid groups (broad SMARTS) is 1. The third kappa shape index (κ3) is 69.5. The number of hydrogen-bond donors (Lipinski definition) is 1. The van der Waals surface area contributed by atoms with Gasteiger partial charge in [-0.15, -0.1) is 0 Å². The van der Waals surface area contributed by atoms with Gasteiger partial charge in [0.25, 0.3) is 6.29 Å². The van der Waals surface area contributed by atoms with Gasteiger partial charge in [-0.05, 0) is 77.0 Å². The van der Waals surface area contributed by atoms with Crippen molar-refractivity contribution in [3.05, 3.63) is 97.2 Å². The highest BCUT2D eigenvalue weighted by atomic mass is 16.7. The molecule has 0 saturated carbocycles. The van der Waals surface area contributed by atoms with Crippen LogP contribution in [0.4, 0.5) is 0 Å². The van der Waals surface area contributed by atoms with Gasteiger partial charge < -0.3 is 28.5 Å². The second-order valence-electron chi connectivity index (χ2n) is 25.5. The van der Waals surface area contributed by atoms with E-state index in [0.717, 1.165) is 89.9 Å². The Morgan fingerprint density at radius 3 is 0.977 bits per heavy atom. The highest BCUT2D eigenvalue weighted by molar-refractivity contribution is 5.71. The average molecular weight is 1220 g/mol. The number of unbranched alkanes of at least 4 members (excludes halogenated alkanes) is 36. The van der Waals surface area contributed by atoms with Crippen LogP contribution < -0.4 is 0 Å². The zero-order valence-electron chi connectivity index (χ0n) is 57.4. The van der Waals surface area contributed by atoms with Gasteiger partial charge in [-0.3, -0.25) is 9.59 Å². The zero-order chi connectivity index (χ0) is 63.3. The van der Waals surface area contributed by atoms with E-state index in [-0.39, 0.29) is 32.2 Å². The van der Waals surface area contributed by atoms with Crippen LogP contribution in [0.15, 0.2) is 97.2 Å². The molecule has 0 fully saturated rings. The van der Waals surface area contributed by atoms with Crippen molar-refractivity contribution in [1.82, 2.24) is 0 Å². The largest absolute Gasteiger partial charge is 0.477 e. The van der Waals surface area contributed by atoms with Gasteiger partial charge >= 0.3 is 17.9 Å². The predicted octanol–water partition coefficient (Wildman–Crippen LogP) is 22.8. The first-order chi connectivity index (χ1) is 42.6. The van der Waals surface area contributed by atoms with E-state index in [0.29, 0.717) is 23.9 Å². The Morgan fingerprint density at radius 1 is 0.356 bits per heavy atom. The molecule has 0 rings (SSSR count). The number of esters is 2. The number of quaternary nitrogens is 1. The van der Waals surface area contributed by atoms with E-state index in [1.54, 1.807) is 0 Å². The van der Waals surface area contributed by atoms with Gasteiger partial charge in [0.2, 0.25) is 0 Å². The lowest BCUT2D eigenvalue weighted by molar-refractivity contribution is -0.870. The van der Waals surface area contributed by atoms with Crippen LogP contribution in [0.3, 0.4) is 0 Å². The normalized spacial score (nSPS) is 13.3. The third-order valence-electron chi connectivity index (χ3n) is 15.9. The van der Waals surface area contributed by atoms with Crippen molar-refractivity contribution in [2.75, 3.05) is 47.5 Å². The molecule has 0 aliphatic carbocycles. The molecule has 0 spiro atoms. The van der Waals surface area contributed by atoms with E-state index in [1.165, 1.54) is 199 Å². The second kappa shape index (κ2) is 68.1. The summed E-state index contributed by atoms with van der Waals surface area (Å²) >= 11 is 0. The minimum absolute atomic E-state index is 0.182. The summed E-state index contributed by atoms with van der Waals surface area (Å²) in [5.74, 6) is -1.99. The van der Waals surface area contributed by atoms with Gasteiger partial charge in [0.1, 0.15) is 13.2 Å². The maximum atomic E-state index is 13.0. The van der Waals surface area contributed by atoms with Crippen molar-refractivity contribution in [3.8, 4) is 0 Å². The fraction of sp³-hybridized carbons (Fsp3) is 0.756. The molecule has 9 heteroatoms. The molecule has 0 aliphatic heterocycles. The van der Waals surface area contributed by atoms with Crippen molar-refractivity contribution >= 4 is 17.9 Å². The second-order valence-corrected chi connectivity index (χ2v) is 25.5. The smallest absolute Gasteiger partial charge is 0.361 e. The number of rotatable bonds is 67. The molecular formula is C78H138NO8+. The Labute approximate surface area is 537 Å². The number of carboxylic acids is 1. The van der Waals surface area contributed by atoms with Crippen LogP contribution >= 0.6 is 0 Å². The summed E-state index contributed by atoms with van der Waals surface area (Å²) in [5.41, 5.74) is 0. The standard InChI is InChI=1S/C78H137NO8/c1-6-8-10-12-14-16-18-20-22-24-26-28-30-32-33-34-35-36-37-38-39-40-41-42-43-45-47-49-51-53-55-57-59-61-63-65-67-69-76(81)87-74(73-86-78(77(82)83)84-71-70-79(3,4)5)72-85-75(80)68-66-64-62-60-58-56-54-52-50-48-46-44-31-29-27-25-23-21-19-17-15-13-11-9-7-2/h8,10,14,16,20,22,26,28,32-33,35-36,38-39,41-42,74,78H,6-7,9,11-13,15,17-19,21,23-25,27,29-31,34,37,40,43-73H2,1-5H3/p+1/b10-8-,16-14-,22-20-,28-26-,33-32-,36-35-,39-38-,42-41-. The first-order valence-corrected chi connectivity index (χ1v) is 36.4. The van der Waals surface area contributed by atoms with Gasteiger partial charge in [0.15, 0.2) is 6.10 Å². The number of carbonyl (C=O) groups is 3. The van der Waals surface area contributed by atoms with E-state index in [4.69, 9.17) is 18.9 Å². The highest BCUT2D eigenvalue weighted by Crippen LogP contribution is 2.18. The lowest BCUT2D eigenvalue weighted by Gasteiger charge is -2.25. The molecule has 0 bridgehead atoms. The number of ether oxygens (including phenoxy) is 4. The fourth-order valence-electron chi connectivity index (χ4n) is 10.3. The van der Waals surface area contributed by atoms with E-state index in [2.05, 4.69) is 111 Å². The average Bonchev–Trinajstić information content (AvgIpc) is 3.57. The molecule has 0 radical (unpaired) electrons. The number of hydrogen-bond acceptors (Lipinski definition) is 7. The molecule has 9 nitrogen and oxygen atoms in total. The van der Waals surface area contributed by atoms with Gasteiger partial charge in [-0.1, -0.05) is 329 Å². The number of nitrogens with zero attached hydrogens (tertiary/aromatic N) is 1. The zero-order valence-corrected chi connectivity index (χ0v) is 57.4. The van der Waals surface area contributed by atoms with Crippen LogP contribution in [-0.4, -0.2) is 87.4 Å². The van der Waals surface area contributed by atoms with E-state index >= 15 is 0 Å². The summed E-state index contributed by atoms with van der Waals surface area (Å²) in [7, 11) is 5.98. The monoisotopic (exact) mass is 1220 g/mol. The summed E-state index contributed by atoms with van der Waals surface area (Å²) in [6, 6.07) is 0. The molecule has 1 N–H and O–H groups in total. The van der Waals surface area contributed by atoms with Crippen LogP contribution in [0.5, 0.6) is 0 Å². The Bertz CT molecular complexity index is 1750. The molecule has 0 saturated heterocycles. The molecule has 0 amide bonds. The van der Waals surface area contributed by atoms with Crippen LogP contribution in [0, 0.1) is 0 Å².